The van der Waals surface area contributed by atoms with Gasteiger partial charge in [-0.2, -0.15) is 5.10 Å². The van der Waals surface area contributed by atoms with Crippen LogP contribution < -0.4 is 0 Å². The number of hydrogen-bond donors (Lipinski definition) is 1. The van der Waals surface area contributed by atoms with Crippen molar-refractivity contribution in [3.05, 3.63) is 48.1 Å². The smallest absolute Gasteiger partial charge is 0.137 e. The number of nitrogens with zero attached hydrogens (tertiary/aromatic N) is 4. The summed E-state index contributed by atoms with van der Waals surface area (Å²) < 4.78 is 29.7. The van der Waals surface area contributed by atoms with Gasteiger partial charge in [0.05, 0.1) is 6.54 Å². The fourth-order valence-electron chi connectivity index (χ4n) is 3.83. The molecule has 0 radical (unpaired) electrons. The Kier molecular flexibility index (Phi) is 10.4. The first-order valence-electron chi connectivity index (χ1n) is 11.2. The molecule has 30 heavy (non-hydrogen) atoms. The minimum Gasteiger partial charge on any atom is -0.382 e. The average molecular weight is 423 g/mol. The molecule has 7 heteroatoms. The zero-order chi connectivity index (χ0) is 21.8. The fraction of sp³-hybridized carbons (Fsp3) is 0.652. The molecule has 0 saturated heterocycles. The Labute approximate surface area is 179 Å². The van der Waals surface area contributed by atoms with Gasteiger partial charge in [0.1, 0.15) is 29.9 Å². The van der Waals surface area contributed by atoms with Crippen LogP contribution in [0.1, 0.15) is 70.8 Å². The maximum atomic E-state index is 14.7. The number of hydrogen-bond acceptors (Lipinski definition) is 4. The van der Waals surface area contributed by atoms with Crippen LogP contribution in [-0.2, 0) is 12.1 Å². The van der Waals surface area contributed by atoms with E-state index in [0.29, 0.717) is 0 Å². The van der Waals surface area contributed by atoms with Gasteiger partial charge in [0, 0.05) is 18.2 Å². The summed E-state index contributed by atoms with van der Waals surface area (Å²) in [6.45, 7) is 6.35. The molecule has 0 fully saturated rings. The first kappa shape index (κ1) is 24.4. The van der Waals surface area contributed by atoms with Gasteiger partial charge in [-0.15, -0.1) is 0 Å². The summed E-state index contributed by atoms with van der Waals surface area (Å²) >= 11 is 0. The third-order valence-electron chi connectivity index (χ3n) is 5.46. The molecule has 168 valence electrons. The van der Waals surface area contributed by atoms with Crippen LogP contribution in [0.5, 0.6) is 0 Å². The van der Waals surface area contributed by atoms with Crippen LogP contribution in [0.3, 0.4) is 0 Å². The second kappa shape index (κ2) is 12.7. The minimum atomic E-state index is -1.54. The third kappa shape index (κ3) is 7.76. The van der Waals surface area contributed by atoms with Crippen LogP contribution in [0.25, 0.3) is 0 Å². The second-order valence-corrected chi connectivity index (χ2v) is 8.15. The zero-order valence-corrected chi connectivity index (χ0v) is 18.4. The van der Waals surface area contributed by atoms with Crippen molar-refractivity contribution >= 4 is 0 Å². The van der Waals surface area contributed by atoms with Crippen molar-refractivity contribution in [3.8, 4) is 0 Å². The molecule has 0 spiro atoms. The number of benzene rings is 1. The van der Waals surface area contributed by atoms with Gasteiger partial charge in [-0.05, 0) is 32.0 Å². The lowest BCUT2D eigenvalue weighted by atomic mass is 9.92. The number of unbranched alkanes of at least 4 members (excludes halogenated alkanes) is 6. The van der Waals surface area contributed by atoms with E-state index in [-0.39, 0.29) is 18.7 Å². The standard InChI is InChI=1S/C23H36F2N4O/c1-3-5-7-9-13-28(14-10-8-6-4-2)16-23(30,17-29-19-26-18-27-29)21-12-11-20(24)15-22(21)25/h11-12,15,18-19,30H,3-10,13-14,16-17H2,1-2H3. The Morgan fingerprint density at radius 3 is 2.20 bits per heavy atom. The highest BCUT2D eigenvalue weighted by molar-refractivity contribution is 5.25. The van der Waals surface area contributed by atoms with Crippen molar-refractivity contribution in [1.29, 1.82) is 0 Å². The molecule has 1 unspecified atom stereocenters. The molecule has 5 nitrogen and oxygen atoms in total. The molecular formula is C23H36F2N4O. The molecule has 2 rings (SSSR count). The van der Waals surface area contributed by atoms with Gasteiger partial charge in [0.2, 0.25) is 0 Å². The molecule has 1 aromatic heterocycles. The molecule has 0 aliphatic heterocycles. The van der Waals surface area contributed by atoms with Crippen molar-refractivity contribution in [1.82, 2.24) is 19.7 Å². The van der Waals surface area contributed by atoms with Crippen LogP contribution in [0.15, 0.2) is 30.9 Å². The normalized spacial score (nSPS) is 13.7. The molecule has 1 aromatic carbocycles. The average Bonchev–Trinajstić information content (AvgIpc) is 3.20. The Bertz CT molecular complexity index is 714. The van der Waals surface area contributed by atoms with E-state index in [9.17, 15) is 13.9 Å². The quantitative estimate of drug-likeness (QED) is 0.415. The highest BCUT2D eigenvalue weighted by atomic mass is 19.1. The van der Waals surface area contributed by atoms with Gasteiger partial charge in [-0.3, -0.25) is 0 Å². The van der Waals surface area contributed by atoms with Gasteiger partial charge < -0.3 is 10.0 Å². The molecular weight excluding hydrogens is 386 g/mol. The highest BCUT2D eigenvalue weighted by Crippen LogP contribution is 2.28. The number of aliphatic hydroxyl groups is 1. The van der Waals surface area contributed by atoms with Gasteiger partial charge in [0.15, 0.2) is 0 Å². The highest BCUT2D eigenvalue weighted by Gasteiger charge is 2.35. The number of aromatic nitrogens is 3. The van der Waals surface area contributed by atoms with Crippen molar-refractivity contribution in [2.24, 2.45) is 0 Å². The van der Waals surface area contributed by atoms with Gasteiger partial charge in [-0.25, -0.2) is 18.4 Å². The number of halogens is 2. The summed E-state index contributed by atoms with van der Waals surface area (Å²) in [6.07, 6.45) is 11.9. The predicted molar refractivity (Wildman–Crippen MR) is 115 cm³/mol. The number of rotatable bonds is 15. The van der Waals surface area contributed by atoms with Crippen LogP contribution in [0.4, 0.5) is 8.78 Å². The molecule has 0 aliphatic carbocycles. The van der Waals surface area contributed by atoms with E-state index in [1.165, 1.54) is 42.3 Å². The summed E-state index contributed by atoms with van der Waals surface area (Å²) in [7, 11) is 0. The Morgan fingerprint density at radius 2 is 1.67 bits per heavy atom. The topological polar surface area (TPSA) is 54.2 Å². The Hall–Kier alpha value is -1.86. The maximum Gasteiger partial charge on any atom is 0.137 e. The Morgan fingerprint density at radius 1 is 1.00 bits per heavy atom. The van der Waals surface area contributed by atoms with Crippen LogP contribution >= 0.6 is 0 Å². The van der Waals surface area contributed by atoms with E-state index in [2.05, 4.69) is 28.8 Å². The summed E-state index contributed by atoms with van der Waals surface area (Å²) in [5, 5.41) is 15.7. The molecule has 0 amide bonds. The van der Waals surface area contributed by atoms with Crippen molar-refractivity contribution < 1.29 is 13.9 Å². The fourth-order valence-corrected chi connectivity index (χ4v) is 3.83. The largest absolute Gasteiger partial charge is 0.382 e. The van der Waals surface area contributed by atoms with E-state index >= 15 is 0 Å². The molecule has 1 heterocycles. The third-order valence-corrected chi connectivity index (χ3v) is 5.46. The summed E-state index contributed by atoms with van der Waals surface area (Å²) in [5.74, 6) is -1.40. The first-order chi connectivity index (χ1) is 14.5. The maximum absolute atomic E-state index is 14.7. The van der Waals surface area contributed by atoms with Gasteiger partial charge >= 0.3 is 0 Å². The molecule has 1 atom stereocenters. The Balaban J connectivity index is 2.21. The van der Waals surface area contributed by atoms with Crippen molar-refractivity contribution in [2.75, 3.05) is 19.6 Å². The zero-order valence-electron chi connectivity index (χ0n) is 18.4. The van der Waals surface area contributed by atoms with E-state index in [0.717, 1.165) is 57.7 Å². The monoisotopic (exact) mass is 422 g/mol. The lowest BCUT2D eigenvalue weighted by Crippen LogP contribution is -2.45. The lowest BCUT2D eigenvalue weighted by molar-refractivity contribution is -0.0223. The summed E-state index contributed by atoms with van der Waals surface area (Å²) in [4.78, 5) is 6.14. The molecule has 0 bridgehead atoms. The SMILES string of the molecule is CCCCCCN(CCCCCC)CC(O)(Cn1cncn1)c1ccc(F)cc1F. The predicted octanol–water partition coefficient (Wildman–Crippen LogP) is 4.91. The minimum absolute atomic E-state index is 0.0516. The van der Waals surface area contributed by atoms with E-state index in [1.54, 1.807) is 0 Å². The van der Waals surface area contributed by atoms with Crippen LogP contribution in [-0.4, -0.2) is 44.4 Å². The van der Waals surface area contributed by atoms with Crippen molar-refractivity contribution in [3.63, 3.8) is 0 Å². The van der Waals surface area contributed by atoms with E-state index < -0.39 is 17.2 Å². The summed E-state index contributed by atoms with van der Waals surface area (Å²) in [5.41, 5.74) is -1.45. The van der Waals surface area contributed by atoms with Gasteiger partial charge in [0.25, 0.3) is 0 Å². The summed E-state index contributed by atoms with van der Waals surface area (Å²) in [6, 6.07) is 3.36. The molecule has 1 N–H and O–H groups in total. The lowest BCUT2D eigenvalue weighted by Gasteiger charge is -2.35. The van der Waals surface area contributed by atoms with Gasteiger partial charge in [-0.1, -0.05) is 58.4 Å². The van der Waals surface area contributed by atoms with Crippen LogP contribution in [0.2, 0.25) is 0 Å². The second-order valence-electron chi connectivity index (χ2n) is 8.15. The van der Waals surface area contributed by atoms with E-state index in [1.807, 2.05) is 0 Å². The van der Waals surface area contributed by atoms with E-state index in [4.69, 9.17) is 0 Å². The van der Waals surface area contributed by atoms with Crippen molar-refractivity contribution in [2.45, 2.75) is 77.4 Å². The molecule has 0 aliphatic rings. The molecule has 2 aromatic rings. The van der Waals surface area contributed by atoms with Crippen LogP contribution in [0, 0.1) is 11.6 Å². The molecule has 0 saturated carbocycles. The first-order valence-corrected chi connectivity index (χ1v) is 11.2.